The molecule has 2 aliphatic carbocycles. The maximum atomic E-state index is 13.1. The zero-order valence-corrected chi connectivity index (χ0v) is 18.5. The van der Waals surface area contributed by atoms with E-state index in [0.717, 1.165) is 59.6 Å². The molecule has 1 aliphatic heterocycles. The number of nitrogens with zero attached hydrogens (tertiary/aromatic N) is 1. The smallest absolute Gasteiger partial charge is 0.341 e. The van der Waals surface area contributed by atoms with Crippen molar-refractivity contribution < 1.29 is 19.4 Å². The fourth-order valence-corrected chi connectivity index (χ4v) is 5.56. The van der Waals surface area contributed by atoms with Gasteiger partial charge in [0.25, 0.3) is 5.56 Å². The lowest BCUT2D eigenvalue weighted by Gasteiger charge is -2.31. The van der Waals surface area contributed by atoms with Gasteiger partial charge in [-0.15, -0.1) is 11.8 Å². The maximum Gasteiger partial charge on any atom is 0.341 e. The quantitative estimate of drug-likeness (QED) is 0.591. The first-order valence-electron chi connectivity index (χ1n) is 11.0. The van der Waals surface area contributed by atoms with Crippen LogP contribution in [-0.4, -0.2) is 36.0 Å². The highest BCUT2D eigenvalue weighted by atomic mass is 32.2. The molecule has 0 bridgehead atoms. The van der Waals surface area contributed by atoms with Crippen LogP contribution in [0.1, 0.15) is 72.0 Å². The molecule has 1 aromatic carbocycles. The van der Waals surface area contributed by atoms with Crippen molar-refractivity contribution in [3.05, 3.63) is 45.2 Å². The minimum Gasteiger partial charge on any atom is -0.493 e. The van der Waals surface area contributed by atoms with Crippen LogP contribution < -0.4 is 10.3 Å². The van der Waals surface area contributed by atoms with E-state index < -0.39 is 5.97 Å². The molecule has 2 heterocycles. The molecule has 7 heteroatoms. The maximum absolute atomic E-state index is 13.1. The van der Waals surface area contributed by atoms with Gasteiger partial charge in [0.2, 0.25) is 0 Å². The molecule has 0 amide bonds. The molecule has 31 heavy (non-hydrogen) atoms. The van der Waals surface area contributed by atoms with E-state index in [0.29, 0.717) is 24.9 Å². The fraction of sp³-hybridized carbons (Fsp3) is 0.500. The molecule has 0 unspecified atom stereocenters. The molecule has 0 saturated heterocycles. The highest BCUT2D eigenvalue weighted by Gasteiger charge is 2.34. The summed E-state index contributed by atoms with van der Waals surface area (Å²) in [5.41, 5.74) is 3.63. The minimum absolute atomic E-state index is 0.105. The number of rotatable bonds is 8. The number of carboxylic acid groups (broad SMARTS) is 1. The van der Waals surface area contributed by atoms with Crippen molar-refractivity contribution in [3.63, 3.8) is 0 Å². The van der Waals surface area contributed by atoms with Crippen molar-refractivity contribution in [1.29, 1.82) is 0 Å². The molecule has 0 spiro atoms. The molecule has 2 fully saturated rings. The normalized spacial score (nSPS) is 17.6. The third kappa shape index (κ3) is 3.78. The molecule has 3 aliphatic rings. The molecular formula is C24H27NO5S. The van der Waals surface area contributed by atoms with Crippen molar-refractivity contribution in [1.82, 2.24) is 4.57 Å². The van der Waals surface area contributed by atoms with E-state index in [4.69, 9.17) is 9.47 Å². The van der Waals surface area contributed by atoms with Crippen LogP contribution in [0.3, 0.4) is 0 Å². The monoisotopic (exact) mass is 441 g/mol. The fourth-order valence-electron chi connectivity index (χ4n) is 4.52. The van der Waals surface area contributed by atoms with Crippen LogP contribution in [0.4, 0.5) is 0 Å². The van der Waals surface area contributed by atoms with Gasteiger partial charge in [-0.25, -0.2) is 4.79 Å². The predicted molar refractivity (Wildman–Crippen MR) is 120 cm³/mol. The number of carbonyl (C=O) groups is 1. The summed E-state index contributed by atoms with van der Waals surface area (Å²) < 4.78 is 13.1. The van der Waals surface area contributed by atoms with Crippen molar-refractivity contribution >= 4 is 17.7 Å². The molecule has 1 N–H and O–H groups in total. The second-order valence-corrected chi connectivity index (χ2v) is 9.66. The topological polar surface area (TPSA) is 77.8 Å². The van der Waals surface area contributed by atoms with E-state index in [1.54, 1.807) is 29.5 Å². The number of ether oxygens (including phenoxy) is 2. The van der Waals surface area contributed by atoms with Gasteiger partial charge in [0.15, 0.2) is 0 Å². The van der Waals surface area contributed by atoms with Gasteiger partial charge in [-0.2, -0.15) is 0 Å². The third-order valence-electron chi connectivity index (χ3n) is 6.50. The number of methoxy groups -OCH3 is 1. The lowest BCUT2D eigenvalue weighted by Crippen LogP contribution is -2.29. The van der Waals surface area contributed by atoms with E-state index in [2.05, 4.69) is 12.1 Å². The van der Waals surface area contributed by atoms with Gasteiger partial charge in [0.1, 0.15) is 11.3 Å². The van der Waals surface area contributed by atoms with Crippen LogP contribution in [0.2, 0.25) is 0 Å². The van der Waals surface area contributed by atoms with Gasteiger partial charge >= 0.3 is 5.97 Å². The molecular weight excluding hydrogens is 414 g/mol. The summed E-state index contributed by atoms with van der Waals surface area (Å²) in [6.07, 6.45) is 6.22. The standard InChI is InChI=1S/C24H27NO5S/c1-29-8-3-9-30-20-12-21-18(11-17(20)14-4-2-5-14)22-15(13-31-21)10-19(24(27)28)23(26)25(22)16-6-7-16/h10-12,14,16H,2-9,13H2,1H3,(H,27,28). The lowest BCUT2D eigenvalue weighted by atomic mass is 9.79. The zero-order chi connectivity index (χ0) is 21.5. The number of aromatic carboxylic acids is 1. The SMILES string of the molecule is COCCCOc1cc2c(cc1C1CCC1)-c1c(cc(C(=O)O)c(=O)n1C1CC1)CS2. The number of carboxylic acids is 1. The van der Waals surface area contributed by atoms with Crippen molar-refractivity contribution in [2.75, 3.05) is 20.3 Å². The van der Waals surface area contributed by atoms with E-state index in [1.165, 1.54) is 12.0 Å². The van der Waals surface area contributed by atoms with Crippen molar-refractivity contribution in [2.24, 2.45) is 0 Å². The average Bonchev–Trinajstić information content (AvgIpc) is 3.54. The Kier molecular flexibility index (Phi) is 5.56. The van der Waals surface area contributed by atoms with Gasteiger partial charge in [-0.3, -0.25) is 4.79 Å². The van der Waals surface area contributed by atoms with E-state index in [1.807, 2.05) is 0 Å². The molecule has 0 atom stereocenters. The van der Waals surface area contributed by atoms with Crippen molar-refractivity contribution in [2.45, 2.75) is 61.1 Å². The number of hydrogen-bond acceptors (Lipinski definition) is 5. The zero-order valence-electron chi connectivity index (χ0n) is 17.7. The van der Waals surface area contributed by atoms with Crippen LogP contribution in [0.15, 0.2) is 27.9 Å². The summed E-state index contributed by atoms with van der Waals surface area (Å²) in [6.45, 7) is 1.29. The van der Waals surface area contributed by atoms with Crippen LogP contribution >= 0.6 is 11.8 Å². The van der Waals surface area contributed by atoms with Gasteiger partial charge in [-0.05, 0) is 60.9 Å². The highest BCUT2D eigenvalue weighted by Crippen LogP contribution is 2.50. The van der Waals surface area contributed by atoms with Gasteiger partial charge in [0.05, 0.1) is 12.3 Å². The first kappa shape index (κ1) is 20.6. The second-order valence-electron chi connectivity index (χ2n) is 8.64. The second kappa shape index (κ2) is 8.36. The molecule has 2 saturated carbocycles. The predicted octanol–water partition coefficient (Wildman–Crippen LogP) is 4.84. The first-order chi connectivity index (χ1) is 15.1. The Morgan fingerprint density at radius 1 is 1.19 bits per heavy atom. The Morgan fingerprint density at radius 2 is 2.00 bits per heavy atom. The van der Waals surface area contributed by atoms with Gasteiger partial charge < -0.3 is 19.1 Å². The third-order valence-corrected chi connectivity index (χ3v) is 7.61. The number of pyridine rings is 1. The lowest BCUT2D eigenvalue weighted by molar-refractivity contribution is 0.0694. The molecule has 6 nitrogen and oxygen atoms in total. The number of benzene rings is 1. The summed E-state index contributed by atoms with van der Waals surface area (Å²) in [5, 5.41) is 9.56. The van der Waals surface area contributed by atoms with Crippen LogP contribution in [0, 0.1) is 0 Å². The molecule has 0 radical (unpaired) electrons. The Balaban J connectivity index is 1.62. The highest BCUT2D eigenvalue weighted by molar-refractivity contribution is 7.98. The summed E-state index contributed by atoms with van der Waals surface area (Å²) >= 11 is 1.69. The van der Waals surface area contributed by atoms with E-state index in [9.17, 15) is 14.7 Å². The Bertz CT molecular complexity index is 1080. The summed E-state index contributed by atoms with van der Waals surface area (Å²) in [5.74, 6) is 0.935. The van der Waals surface area contributed by atoms with Crippen LogP contribution in [-0.2, 0) is 10.5 Å². The van der Waals surface area contributed by atoms with Crippen LogP contribution in [0.25, 0.3) is 11.3 Å². The first-order valence-corrected chi connectivity index (χ1v) is 12.0. The molecule has 2 aromatic rings. The minimum atomic E-state index is -1.15. The summed E-state index contributed by atoms with van der Waals surface area (Å²) in [4.78, 5) is 25.9. The summed E-state index contributed by atoms with van der Waals surface area (Å²) in [7, 11) is 1.70. The van der Waals surface area contributed by atoms with Gasteiger partial charge in [-0.1, -0.05) is 6.42 Å². The Hall–Kier alpha value is -2.25. The molecule has 1 aromatic heterocycles. The molecule has 5 rings (SSSR count). The van der Waals surface area contributed by atoms with Crippen LogP contribution in [0.5, 0.6) is 5.75 Å². The van der Waals surface area contributed by atoms with E-state index in [-0.39, 0.29) is 17.2 Å². The largest absolute Gasteiger partial charge is 0.493 e. The number of fused-ring (bicyclic) bond motifs is 3. The molecule has 164 valence electrons. The summed E-state index contributed by atoms with van der Waals surface area (Å²) in [6, 6.07) is 6.05. The van der Waals surface area contributed by atoms with Crippen molar-refractivity contribution in [3.8, 4) is 17.0 Å². The van der Waals surface area contributed by atoms with E-state index >= 15 is 0 Å². The Labute approximate surface area is 185 Å². The number of thioether (sulfide) groups is 1. The average molecular weight is 442 g/mol. The number of hydrogen-bond donors (Lipinski definition) is 1. The number of aromatic nitrogens is 1. The van der Waals surface area contributed by atoms with Gasteiger partial charge in [0, 0.05) is 42.4 Å². The Morgan fingerprint density at radius 3 is 2.65 bits per heavy atom.